The Balaban J connectivity index is 2.10. The van der Waals surface area contributed by atoms with Gasteiger partial charge in [-0.2, -0.15) is 4.39 Å². The number of hydrogen-bond acceptors (Lipinski definition) is 3. The van der Waals surface area contributed by atoms with E-state index >= 15 is 0 Å². The molecular formula is C15H17F3O3. The van der Waals surface area contributed by atoms with Gasteiger partial charge in [0.05, 0.1) is 13.7 Å². The highest BCUT2D eigenvalue weighted by atomic mass is 19.2. The summed E-state index contributed by atoms with van der Waals surface area (Å²) in [5.41, 5.74) is -0.651. The molecule has 0 N–H and O–H groups in total. The summed E-state index contributed by atoms with van der Waals surface area (Å²) in [6.45, 7) is 0.166. The molecule has 1 aliphatic carbocycles. The van der Waals surface area contributed by atoms with Gasteiger partial charge in [0.1, 0.15) is 5.56 Å². The standard InChI is InChI=1S/C15H17F3O3/c1-20-14-12(17)10(7-11(16)13(14)18)15(19)21-8-9-5-3-2-4-6-9/h7,9H,2-6,8H2,1H3. The molecule has 1 aromatic carbocycles. The number of esters is 1. The molecule has 3 nitrogen and oxygen atoms in total. The highest BCUT2D eigenvalue weighted by Gasteiger charge is 2.25. The van der Waals surface area contributed by atoms with Crippen LogP contribution in [0.3, 0.4) is 0 Å². The number of hydrogen-bond donors (Lipinski definition) is 0. The highest BCUT2D eigenvalue weighted by molar-refractivity contribution is 5.90. The van der Waals surface area contributed by atoms with Gasteiger partial charge in [-0.15, -0.1) is 0 Å². The molecule has 0 atom stereocenters. The summed E-state index contributed by atoms with van der Waals surface area (Å²) in [4.78, 5) is 11.8. The summed E-state index contributed by atoms with van der Waals surface area (Å²) in [7, 11) is 0.998. The van der Waals surface area contributed by atoms with Crippen LogP contribution in [0, 0.1) is 23.4 Å². The van der Waals surface area contributed by atoms with Crippen molar-refractivity contribution in [3.8, 4) is 5.75 Å². The molecule has 1 fully saturated rings. The van der Waals surface area contributed by atoms with E-state index in [1.54, 1.807) is 0 Å². The van der Waals surface area contributed by atoms with Crippen LogP contribution in [-0.2, 0) is 4.74 Å². The van der Waals surface area contributed by atoms with Crippen molar-refractivity contribution >= 4 is 5.97 Å². The Labute approximate surface area is 121 Å². The fraction of sp³-hybridized carbons (Fsp3) is 0.533. The summed E-state index contributed by atoms with van der Waals surface area (Å²) >= 11 is 0. The molecule has 116 valence electrons. The molecule has 0 saturated heterocycles. The van der Waals surface area contributed by atoms with Crippen LogP contribution < -0.4 is 4.74 Å². The van der Waals surface area contributed by atoms with Crippen molar-refractivity contribution in [2.24, 2.45) is 5.92 Å². The normalized spacial score (nSPS) is 15.8. The van der Waals surface area contributed by atoms with Gasteiger partial charge in [-0.1, -0.05) is 19.3 Å². The van der Waals surface area contributed by atoms with Crippen LogP contribution in [0.5, 0.6) is 5.75 Å². The molecule has 0 spiro atoms. The van der Waals surface area contributed by atoms with Gasteiger partial charge in [0.15, 0.2) is 17.4 Å². The third kappa shape index (κ3) is 3.49. The third-order valence-corrected chi connectivity index (χ3v) is 3.71. The Kier molecular flexibility index (Phi) is 5.09. The second-order valence-electron chi connectivity index (χ2n) is 5.17. The zero-order valence-electron chi connectivity index (χ0n) is 11.8. The van der Waals surface area contributed by atoms with Gasteiger partial charge in [0.25, 0.3) is 0 Å². The molecule has 0 aromatic heterocycles. The van der Waals surface area contributed by atoms with Gasteiger partial charge in [-0.3, -0.25) is 0 Å². The maximum Gasteiger partial charge on any atom is 0.341 e. The third-order valence-electron chi connectivity index (χ3n) is 3.71. The number of carbonyl (C=O) groups is 1. The zero-order valence-corrected chi connectivity index (χ0v) is 11.8. The van der Waals surface area contributed by atoms with E-state index < -0.39 is 34.7 Å². The number of benzene rings is 1. The lowest BCUT2D eigenvalue weighted by atomic mass is 9.90. The first-order chi connectivity index (χ1) is 10.0. The molecule has 1 aromatic rings. The molecule has 0 bridgehead atoms. The van der Waals surface area contributed by atoms with Crippen LogP contribution >= 0.6 is 0 Å². The summed E-state index contributed by atoms with van der Waals surface area (Å²) < 4.78 is 50.0. The number of methoxy groups -OCH3 is 1. The molecule has 6 heteroatoms. The Morgan fingerprint density at radius 3 is 2.48 bits per heavy atom. The summed E-state index contributed by atoms with van der Waals surface area (Å²) in [6, 6.07) is 0.496. The van der Waals surface area contributed by atoms with Crippen molar-refractivity contribution in [2.75, 3.05) is 13.7 Å². The maximum atomic E-state index is 13.9. The molecule has 0 unspecified atom stereocenters. The van der Waals surface area contributed by atoms with Crippen LogP contribution in [0.25, 0.3) is 0 Å². The number of rotatable bonds is 4. The first-order valence-corrected chi connectivity index (χ1v) is 6.93. The van der Waals surface area contributed by atoms with E-state index in [0.717, 1.165) is 32.8 Å². The topological polar surface area (TPSA) is 35.5 Å². The molecule has 0 radical (unpaired) electrons. The van der Waals surface area contributed by atoms with E-state index in [9.17, 15) is 18.0 Å². The van der Waals surface area contributed by atoms with Crippen molar-refractivity contribution < 1.29 is 27.4 Å². The second-order valence-corrected chi connectivity index (χ2v) is 5.17. The second kappa shape index (κ2) is 6.83. The van der Waals surface area contributed by atoms with Crippen LogP contribution in [-0.4, -0.2) is 19.7 Å². The number of carbonyl (C=O) groups excluding carboxylic acids is 1. The van der Waals surface area contributed by atoms with Crippen LogP contribution in [0.4, 0.5) is 13.2 Å². The van der Waals surface area contributed by atoms with Crippen LogP contribution in [0.1, 0.15) is 42.5 Å². The summed E-state index contributed by atoms with van der Waals surface area (Å²) in [5, 5.41) is 0. The summed E-state index contributed by atoms with van der Waals surface area (Å²) in [5.74, 6) is -5.73. The van der Waals surface area contributed by atoms with Crippen molar-refractivity contribution in [3.05, 3.63) is 29.1 Å². The molecule has 1 aliphatic rings. The van der Waals surface area contributed by atoms with Gasteiger partial charge < -0.3 is 9.47 Å². The molecule has 0 amide bonds. The predicted octanol–water partition coefficient (Wildman–Crippen LogP) is 3.85. The van der Waals surface area contributed by atoms with E-state index in [1.165, 1.54) is 6.42 Å². The Morgan fingerprint density at radius 2 is 1.86 bits per heavy atom. The van der Waals surface area contributed by atoms with Gasteiger partial charge in [-0.05, 0) is 24.8 Å². The van der Waals surface area contributed by atoms with E-state index in [4.69, 9.17) is 4.74 Å². The largest absolute Gasteiger partial charge is 0.491 e. The number of ether oxygens (including phenoxy) is 2. The molecule has 0 aliphatic heterocycles. The minimum atomic E-state index is -1.46. The zero-order chi connectivity index (χ0) is 15.4. The van der Waals surface area contributed by atoms with Crippen molar-refractivity contribution in [2.45, 2.75) is 32.1 Å². The first kappa shape index (κ1) is 15.7. The van der Waals surface area contributed by atoms with Gasteiger partial charge in [-0.25, -0.2) is 13.6 Å². The number of halogens is 3. The van der Waals surface area contributed by atoms with Crippen molar-refractivity contribution in [1.82, 2.24) is 0 Å². The van der Waals surface area contributed by atoms with Crippen molar-refractivity contribution in [3.63, 3.8) is 0 Å². The summed E-state index contributed by atoms with van der Waals surface area (Å²) in [6.07, 6.45) is 5.23. The van der Waals surface area contributed by atoms with E-state index in [0.29, 0.717) is 6.07 Å². The van der Waals surface area contributed by atoms with Crippen LogP contribution in [0.15, 0.2) is 6.07 Å². The lowest BCUT2D eigenvalue weighted by Gasteiger charge is -2.21. The maximum absolute atomic E-state index is 13.9. The Bertz CT molecular complexity index is 525. The molecule has 0 heterocycles. The molecular weight excluding hydrogens is 285 g/mol. The predicted molar refractivity (Wildman–Crippen MR) is 69.7 cm³/mol. The van der Waals surface area contributed by atoms with Crippen LogP contribution in [0.2, 0.25) is 0 Å². The van der Waals surface area contributed by atoms with Gasteiger partial charge in [0, 0.05) is 0 Å². The highest BCUT2D eigenvalue weighted by Crippen LogP contribution is 2.28. The fourth-order valence-electron chi connectivity index (χ4n) is 2.53. The Morgan fingerprint density at radius 1 is 1.19 bits per heavy atom. The first-order valence-electron chi connectivity index (χ1n) is 6.93. The molecule has 1 saturated carbocycles. The molecule has 21 heavy (non-hydrogen) atoms. The minimum Gasteiger partial charge on any atom is -0.491 e. The van der Waals surface area contributed by atoms with E-state index in [-0.39, 0.29) is 12.5 Å². The lowest BCUT2D eigenvalue weighted by molar-refractivity contribution is 0.0403. The van der Waals surface area contributed by atoms with E-state index in [2.05, 4.69) is 4.74 Å². The smallest absolute Gasteiger partial charge is 0.341 e. The average molecular weight is 302 g/mol. The van der Waals surface area contributed by atoms with E-state index in [1.807, 2.05) is 0 Å². The quantitative estimate of drug-likeness (QED) is 0.626. The minimum absolute atomic E-state index is 0.166. The fourth-order valence-corrected chi connectivity index (χ4v) is 2.53. The van der Waals surface area contributed by atoms with Gasteiger partial charge >= 0.3 is 5.97 Å². The lowest BCUT2D eigenvalue weighted by Crippen LogP contribution is -2.18. The Hall–Kier alpha value is -1.72. The van der Waals surface area contributed by atoms with Crippen molar-refractivity contribution in [1.29, 1.82) is 0 Å². The SMILES string of the molecule is COc1c(F)c(F)cc(C(=O)OCC2CCCCC2)c1F. The monoisotopic (exact) mass is 302 g/mol. The molecule has 2 rings (SSSR count). The average Bonchev–Trinajstić information content (AvgIpc) is 2.50. The van der Waals surface area contributed by atoms with Gasteiger partial charge in [0.2, 0.25) is 5.82 Å².